The molecule has 1 heterocycles. The average molecular weight is 335 g/mol. The van der Waals surface area contributed by atoms with E-state index in [0.29, 0.717) is 13.2 Å². The molecule has 2 fully saturated rings. The highest BCUT2D eigenvalue weighted by Crippen LogP contribution is 2.45. The molecule has 22 heavy (non-hydrogen) atoms. The minimum atomic E-state index is -0.334. The van der Waals surface area contributed by atoms with Crippen LogP contribution in [0.2, 0.25) is 0 Å². The molecule has 6 heteroatoms. The molecule has 1 aliphatic carbocycles. The summed E-state index contributed by atoms with van der Waals surface area (Å²) in [5.74, 6) is 0.0901. The van der Waals surface area contributed by atoms with E-state index in [0.717, 1.165) is 32.4 Å². The van der Waals surface area contributed by atoms with Gasteiger partial charge < -0.3 is 19.7 Å². The lowest BCUT2D eigenvalue weighted by Crippen LogP contribution is -2.64. The molecule has 130 valence electrons. The number of ether oxygens (including phenoxy) is 2. The van der Waals surface area contributed by atoms with Crippen molar-refractivity contribution in [1.82, 2.24) is 10.2 Å². The van der Waals surface area contributed by atoms with Crippen molar-refractivity contribution in [3.8, 4) is 0 Å². The van der Waals surface area contributed by atoms with Crippen LogP contribution < -0.4 is 5.32 Å². The molecule has 5 nitrogen and oxygen atoms in total. The largest absolute Gasteiger partial charge is 0.378 e. The molecule has 0 bridgehead atoms. The van der Waals surface area contributed by atoms with Crippen molar-refractivity contribution >= 4 is 18.3 Å². The molecule has 1 saturated carbocycles. The number of morpholine rings is 1. The molecule has 3 unspecified atom stereocenters. The van der Waals surface area contributed by atoms with Crippen molar-refractivity contribution in [2.24, 2.45) is 5.41 Å². The summed E-state index contributed by atoms with van der Waals surface area (Å²) in [7, 11) is 1.90. The minimum Gasteiger partial charge on any atom is -0.378 e. The van der Waals surface area contributed by atoms with Crippen molar-refractivity contribution < 1.29 is 14.3 Å². The molecule has 0 spiro atoms. The highest BCUT2D eigenvalue weighted by atomic mass is 35.5. The van der Waals surface area contributed by atoms with Gasteiger partial charge in [0.1, 0.15) is 6.10 Å². The van der Waals surface area contributed by atoms with Crippen molar-refractivity contribution in [3.63, 3.8) is 0 Å². The maximum absolute atomic E-state index is 12.5. The number of nitrogens with one attached hydrogen (secondary N) is 1. The Morgan fingerprint density at radius 1 is 1.45 bits per heavy atom. The van der Waals surface area contributed by atoms with E-state index in [2.05, 4.69) is 26.1 Å². The SMILES string of the molecule is CCCCOC1CC(N(C)C(=O)C2CNCCO2)C1(C)C.Cl. The molecule has 1 N–H and O–H groups in total. The van der Waals surface area contributed by atoms with E-state index in [1.54, 1.807) is 0 Å². The molecule has 0 aromatic rings. The van der Waals surface area contributed by atoms with Gasteiger partial charge in [0.15, 0.2) is 0 Å². The van der Waals surface area contributed by atoms with Gasteiger partial charge in [-0.05, 0) is 12.8 Å². The first-order valence-electron chi connectivity index (χ1n) is 8.19. The fourth-order valence-corrected chi connectivity index (χ4v) is 3.28. The van der Waals surface area contributed by atoms with Gasteiger partial charge in [0.2, 0.25) is 0 Å². The predicted octanol–water partition coefficient (Wildman–Crippen LogP) is 1.84. The van der Waals surface area contributed by atoms with Gasteiger partial charge in [-0.15, -0.1) is 12.4 Å². The third-order valence-electron chi connectivity index (χ3n) is 4.96. The number of halogens is 1. The van der Waals surface area contributed by atoms with Gasteiger partial charge in [0.05, 0.1) is 12.7 Å². The Bertz CT molecular complexity index is 359. The van der Waals surface area contributed by atoms with Gasteiger partial charge in [-0.2, -0.15) is 0 Å². The lowest BCUT2D eigenvalue weighted by Gasteiger charge is -2.55. The van der Waals surface area contributed by atoms with Crippen molar-refractivity contribution in [3.05, 3.63) is 0 Å². The highest BCUT2D eigenvalue weighted by molar-refractivity contribution is 5.85. The second-order valence-corrected chi connectivity index (χ2v) is 6.80. The third kappa shape index (κ3) is 4.13. The van der Waals surface area contributed by atoms with E-state index in [-0.39, 0.29) is 42.0 Å². The topological polar surface area (TPSA) is 50.8 Å². The number of carbonyl (C=O) groups excluding carboxylic acids is 1. The molecule has 3 atom stereocenters. The summed E-state index contributed by atoms with van der Waals surface area (Å²) in [6.07, 6.45) is 3.11. The fraction of sp³-hybridized carbons (Fsp3) is 0.938. The van der Waals surface area contributed by atoms with Gasteiger partial charge in [0.25, 0.3) is 5.91 Å². The third-order valence-corrected chi connectivity index (χ3v) is 4.96. The van der Waals surface area contributed by atoms with Crippen LogP contribution in [0.3, 0.4) is 0 Å². The summed E-state index contributed by atoms with van der Waals surface area (Å²) in [5.41, 5.74) is 0.0141. The van der Waals surface area contributed by atoms with E-state index in [9.17, 15) is 4.79 Å². The average Bonchev–Trinajstić information content (AvgIpc) is 2.49. The van der Waals surface area contributed by atoms with Crippen LogP contribution in [-0.2, 0) is 14.3 Å². The highest BCUT2D eigenvalue weighted by Gasteiger charge is 2.52. The lowest BCUT2D eigenvalue weighted by atomic mass is 9.63. The summed E-state index contributed by atoms with van der Waals surface area (Å²) < 4.78 is 11.5. The van der Waals surface area contributed by atoms with Crippen molar-refractivity contribution in [2.45, 2.75) is 58.3 Å². The van der Waals surface area contributed by atoms with Crippen LogP contribution in [0, 0.1) is 5.41 Å². The van der Waals surface area contributed by atoms with E-state index in [1.165, 1.54) is 0 Å². The Labute approximate surface area is 140 Å². The van der Waals surface area contributed by atoms with Crippen LogP contribution in [0.5, 0.6) is 0 Å². The fourth-order valence-electron chi connectivity index (χ4n) is 3.28. The zero-order valence-corrected chi connectivity index (χ0v) is 15.1. The van der Waals surface area contributed by atoms with Crippen LogP contribution in [0.25, 0.3) is 0 Å². The molecule has 0 aromatic carbocycles. The number of amides is 1. The number of nitrogens with zero attached hydrogens (tertiary/aromatic N) is 1. The number of hydrogen-bond donors (Lipinski definition) is 1. The molecule has 1 saturated heterocycles. The van der Waals surface area contributed by atoms with Gasteiger partial charge in [-0.25, -0.2) is 0 Å². The molecule has 2 aliphatic rings. The van der Waals surface area contributed by atoms with Gasteiger partial charge >= 0.3 is 0 Å². The van der Waals surface area contributed by atoms with Crippen LogP contribution in [0.4, 0.5) is 0 Å². The number of hydrogen-bond acceptors (Lipinski definition) is 4. The Morgan fingerprint density at radius 2 is 2.18 bits per heavy atom. The Balaban J connectivity index is 0.00000242. The molecule has 1 amide bonds. The van der Waals surface area contributed by atoms with E-state index >= 15 is 0 Å². The lowest BCUT2D eigenvalue weighted by molar-refractivity contribution is -0.173. The quantitative estimate of drug-likeness (QED) is 0.753. The number of carbonyl (C=O) groups is 1. The molecule has 2 rings (SSSR count). The summed E-state index contributed by atoms with van der Waals surface area (Å²) in [4.78, 5) is 14.4. The van der Waals surface area contributed by atoms with Crippen LogP contribution in [-0.4, -0.2) is 62.4 Å². The van der Waals surface area contributed by atoms with Crippen LogP contribution in [0.15, 0.2) is 0 Å². The zero-order chi connectivity index (χ0) is 15.5. The number of likely N-dealkylation sites (N-methyl/N-ethyl adjacent to an activating group) is 1. The van der Waals surface area contributed by atoms with Crippen LogP contribution >= 0.6 is 12.4 Å². The van der Waals surface area contributed by atoms with Crippen molar-refractivity contribution in [1.29, 1.82) is 0 Å². The second-order valence-electron chi connectivity index (χ2n) is 6.80. The Kier molecular flexibility index (Phi) is 7.59. The predicted molar refractivity (Wildman–Crippen MR) is 89.5 cm³/mol. The molecule has 1 aliphatic heterocycles. The molecular weight excluding hydrogens is 304 g/mol. The van der Waals surface area contributed by atoms with Gasteiger partial charge in [-0.3, -0.25) is 4.79 Å². The van der Waals surface area contributed by atoms with E-state index in [1.807, 2.05) is 11.9 Å². The summed E-state index contributed by atoms with van der Waals surface area (Å²) in [5, 5.41) is 3.21. The first-order chi connectivity index (χ1) is 9.98. The zero-order valence-electron chi connectivity index (χ0n) is 14.3. The standard InChI is InChI=1S/C16H30N2O3.ClH/c1-5-6-8-21-14-10-13(16(14,2)3)18(4)15(19)12-11-17-7-9-20-12;/h12-14,17H,5-11H2,1-4H3;1H. The molecular formula is C16H31ClN2O3. The maximum Gasteiger partial charge on any atom is 0.253 e. The van der Waals surface area contributed by atoms with Crippen LogP contribution in [0.1, 0.15) is 40.0 Å². The monoisotopic (exact) mass is 334 g/mol. The first-order valence-corrected chi connectivity index (χ1v) is 8.19. The Hall–Kier alpha value is -0.360. The smallest absolute Gasteiger partial charge is 0.253 e. The maximum atomic E-state index is 12.5. The van der Waals surface area contributed by atoms with Crippen molar-refractivity contribution in [2.75, 3.05) is 33.4 Å². The van der Waals surface area contributed by atoms with Gasteiger partial charge in [-0.1, -0.05) is 27.2 Å². The normalized spacial score (nSPS) is 30.1. The number of rotatable bonds is 6. The van der Waals surface area contributed by atoms with E-state index in [4.69, 9.17) is 9.47 Å². The van der Waals surface area contributed by atoms with Gasteiger partial charge in [0, 0.05) is 38.2 Å². The summed E-state index contributed by atoms with van der Waals surface area (Å²) >= 11 is 0. The summed E-state index contributed by atoms with van der Waals surface area (Å²) in [6.45, 7) is 9.44. The molecule has 0 aromatic heterocycles. The minimum absolute atomic E-state index is 0. The first kappa shape index (κ1) is 19.7. The van der Waals surface area contributed by atoms with E-state index < -0.39 is 0 Å². The second kappa shape index (κ2) is 8.48. The Morgan fingerprint density at radius 3 is 2.73 bits per heavy atom. The summed E-state index contributed by atoms with van der Waals surface area (Å²) in [6, 6.07) is 0.238. The number of unbranched alkanes of at least 4 members (excludes halogenated alkanes) is 1. The molecule has 0 radical (unpaired) electrons.